The second-order valence-corrected chi connectivity index (χ2v) is 7.04. The summed E-state index contributed by atoms with van der Waals surface area (Å²) >= 11 is 1.20. The average molecular weight is 349 g/mol. The van der Waals surface area contributed by atoms with Crippen molar-refractivity contribution < 1.29 is 14.1 Å². The van der Waals surface area contributed by atoms with Gasteiger partial charge in [-0.25, -0.2) is 4.98 Å². The van der Waals surface area contributed by atoms with Crippen molar-refractivity contribution >= 4 is 34.5 Å². The molecule has 2 aromatic rings. The van der Waals surface area contributed by atoms with Gasteiger partial charge in [-0.05, 0) is 24.8 Å². The van der Waals surface area contributed by atoms with Crippen LogP contribution in [0.4, 0.5) is 5.69 Å². The van der Waals surface area contributed by atoms with Crippen LogP contribution in [0.15, 0.2) is 27.8 Å². The van der Waals surface area contributed by atoms with Crippen LogP contribution in [0.25, 0.3) is 11.1 Å². The molecule has 2 unspecified atom stereocenters. The Balaban J connectivity index is 1.58. The second kappa shape index (κ2) is 7.21. The van der Waals surface area contributed by atoms with Crippen LogP contribution < -0.4 is 5.32 Å². The van der Waals surface area contributed by atoms with E-state index in [0.717, 1.165) is 19.3 Å². The number of fused-ring (bicyclic) bond motifs is 1. The van der Waals surface area contributed by atoms with Crippen molar-refractivity contribution in [2.75, 3.05) is 5.75 Å². The van der Waals surface area contributed by atoms with Crippen molar-refractivity contribution in [2.45, 2.75) is 43.9 Å². The van der Waals surface area contributed by atoms with E-state index in [9.17, 15) is 14.9 Å². The molecule has 1 aliphatic rings. The third-order valence-electron chi connectivity index (χ3n) is 4.35. The number of hydrogen-bond donors (Lipinski definition) is 1. The van der Waals surface area contributed by atoms with Gasteiger partial charge in [-0.3, -0.25) is 14.9 Å². The van der Waals surface area contributed by atoms with Gasteiger partial charge in [0.15, 0.2) is 5.58 Å². The lowest BCUT2D eigenvalue weighted by molar-refractivity contribution is -0.384. The molecule has 1 fully saturated rings. The standard InChI is InChI=1S/C16H19N3O4S/c1-10-4-2-3-5-12(10)17-15(20)9-24-16-18-13-8-11(19(21)22)6-7-14(13)23-16/h6-8,10,12H,2-5,9H2,1H3,(H,17,20). The fourth-order valence-electron chi connectivity index (χ4n) is 2.98. The maximum Gasteiger partial charge on any atom is 0.271 e. The highest BCUT2D eigenvalue weighted by Gasteiger charge is 2.23. The molecule has 128 valence electrons. The number of carbonyl (C=O) groups is 1. The highest BCUT2D eigenvalue weighted by molar-refractivity contribution is 7.99. The number of benzene rings is 1. The van der Waals surface area contributed by atoms with Gasteiger partial charge >= 0.3 is 0 Å². The van der Waals surface area contributed by atoms with E-state index >= 15 is 0 Å². The smallest absolute Gasteiger partial charge is 0.271 e. The number of nitro groups is 1. The third kappa shape index (κ3) is 3.87. The Morgan fingerprint density at radius 3 is 3.00 bits per heavy atom. The lowest BCUT2D eigenvalue weighted by Gasteiger charge is -2.29. The lowest BCUT2D eigenvalue weighted by Crippen LogP contribution is -2.41. The molecule has 1 aromatic heterocycles. The zero-order chi connectivity index (χ0) is 17.1. The molecule has 2 atom stereocenters. The molecule has 0 spiro atoms. The summed E-state index contributed by atoms with van der Waals surface area (Å²) in [5.41, 5.74) is 0.869. The van der Waals surface area contributed by atoms with Crippen LogP contribution in [-0.4, -0.2) is 27.6 Å². The molecule has 0 bridgehead atoms. The van der Waals surface area contributed by atoms with Gasteiger partial charge in [-0.1, -0.05) is 31.5 Å². The maximum absolute atomic E-state index is 12.1. The van der Waals surface area contributed by atoms with Crippen molar-refractivity contribution in [3.05, 3.63) is 28.3 Å². The Morgan fingerprint density at radius 1 is 1.46 bits per heavy atom. The third-order valence-corrected chi connectivity index (χ3v) is 5.18. The first-order valence-corrected chi connectivity index (χ1v) is 8.98. The first-order chi connectivity index (χ1) is 11.5. The second-order valence-electron chi connectivity index (χ2n) is 6.11. The van der Waals surface area contributed by atoms with E-state index in [1.807, 2.05) is 0 Å². The van der Waals surface area contributed by atoms with E-state index in [0.29, 0.717) is 22.2 Å². The number of nitrogens with one attached hydrogen (secondary N) is 1. The molecule has 1 amide bonds. The topological polar surface area (TPSA) is 98.3 Å². The monoisotopic (exact) mass is 349 g/mol. The van der Waals surface area contributed by atoms with Crippen LogP contribution >= 0.6 is 11.8 Å². The fraction of sp³-hybridized carbons (Fsp3) is 0.500. The van der Waals surface area contributed by atoms with E-state index < -0.39 is 4.92 Å². The van der Waals surface area contributed by atoms with Gasteiger partial charge in [0.2, 0.25) is 5.91 Å². The van der Waals surface area contributed by atoms with Gasteiger partial charge in [0, 0.05) is 18.2 Å². The summed E-state index contributed by atoms with van der Waals surface area (Å²) in [6, 6.07) is 4.51. The van der Waals surface area contributed by atoms with Crippen molar-refractivity contribution in [3.8, 4) is 0 Å². The molecule has 1 heterocycles. The Morgan fingerprint density at radius 2 is 2.25 bits per heavy atom. The summed E-state index contributed by atoms with van der Waals surface area (Å²) in [4.78, 5) is 26.6. The first kappa shape index (κ1) is 16.8. The van der Waals surface area contributed by atoms with Gasteiger partial charge in [0.1, 0.15) is 5.52 Å². The zero-order valence-electron chi connectivity index (χ0n) is 13.4. The molecule has 8 heteroatoms. The summed E-state index contributed by atoms with van der Waals surface area (Å²) < 4.78 is 5.51. The fourth-order valence-corrected chi connectivity index (χ4v) is 3.63. The van der Waals surface area contributed by atoms with Crippen molar-refractivity contribution in [3.63, 3.8) is 0 Å². The van der Waals surface area contributed by atoms with Crippen LogP contribution in [0.5, 0.6) is 0 Å². The van der Waals surface area contributed by atoms with Crippen LogP contribution in [0.3, 0.4) is 0 Å². The molecular formula is C16H19N3O4S. The van der Waals surface area contributed by atoms with E-state index in [-0.39, 0.29) is 23.4 Å². The number of hydrogen-bond acceptors (Lipinski definition) is 6. The number of aromatic nitrogens is 1. The molecule has 0 radical (unpaired) electrons. The van der Waals surface area contributed by atoms with Gasteiger partial charge in [0.05, 0.1) is 10.7 Å². The Hall–Kier alpha value is -2.09. The summed E-state index contributed by atoms with van der Waals surface area (Å²) in [7, 11) is 0. The SMILES string of the molecule is CC1CCCCC1NC(=O)CSc1nc2cc([N+](=O)[O-])ccc2o1. The van der Waals surface area contributed by atoms with E-state index in [2.05, 4.69) is 17.2 Å². The van der Waals surface area contributed by atoms with E-state index in [1.165, 1.54) is 36.4 Å². The van der Waals surface area contributed by atoms with Crippen molar-refractivity contribution in [1.29, 1.82) is 0 Å². The molecule has 3 rings (SSSR count). The zero-order valence-corrected chi connectivity index (χ0v) is 14.2. The van der Waals surface area contributed by atoms with Crippen LogP contribution in [0.2, 0.25) is 0 Å². The summed E-state index contributed by atoms with van der Waals surface area (Å²) in [6.07, 6.45) is 4.58. The largest absolute Gasteiger partial charge is 0.431 e. The van der Waals surface area contributed by atoms with E-state index in [1.54, 1.807) is 0 Å². The van der Waals surface area contributed by atoms with Gasteiger partial charge in [0.25, 0.3) is 10.9 Å². The number of non-ortho nitro benzene ring substituents is 1. The number of rotatable bonds is 5. The predicted molar refractivity (Wildman–Crippen MR) is 91.0 cm³/mol. The molecule has 7 nitrogen and oxygen atoms in total. The molecule has 1 aliphatic carbocycles. The van der Waals surface area contributed by atoms with E-state index in [4.69, 9.17) is 4.42 Å². The normalized spacial score (nSPS) is 20.9. The number of nitrogens with zero attached hydrogens (tertiary/aromatic N) is 2. The van der Waals surface area contributed by atoms with Crippen molar-refractivity contribution in [2.24, 2.45) is 5.92 Å². The molecular weight excluding hydrogens is 330 g/mol. The van der Waals surface area contributed by atoms with Gasteiger partial charge in [-0.15, -0.1) is 0 Å². The minimum atomic E-state index is -0.472. The highest BCUT2D eigenvalue weighted by Crippen LogP contribution is 2.27. The number of nitro benzene ring substituents is 1. The predicted octanol–water partition coefficient (Wildman–Crippen LogP) is 3.52. The number of amides is 1. The number of thioether (sulfide) groups is 1. The minimum Gasteiger partial charge on any atom is -0.431 e. The Kier molecular flexibility index (Phi) is 5.03. The molecule has 1 aromatic carbocycles. The number of carbonyl (C=O) groups excluding carboxylic acids is 1. The highest BCUT2D eigenvalue weighted by atomic mass is 32.2. The van der Waals surface area contributed by atoms with Crippen LogP contribution in [0.1, 0.15) is 32.6 Å². The summed E-state index contributed by atoms with van der Waals surface area (Å²) in [5.74, 6) is 0.697. The summed E-state index contributed by atoms with van der Waals surface area (Å²) in [6.45, 7) is 2.17. The molecule has 1 N–H and O–H groups in total. The quantitative estimate of drug-likeness (QED) is 0.504. The number of oxazole rings is 1. The Bertz CT molecular complexity index is 761. The molecule has 24 heavy (non-hydrogen) atoms. The van der Waals surface area contributed by atoms with Gasteiger partial charge < -0.3 is 9.73 Å². The lowest BCUT2D eigenvalue weighted by atomic mass is 9.86. The maximum atomic E-state index is 12.1. The summed E-state index contributed by atoms with van der Waals surface area (Å²) in [5, 5.41) is 14.2. The molecule has 0 saturated heterocycles. The van der Waals surface area contributed by atoms with Crippen LogP contribution in [-0.2, 0) is 4.79 Å². The average Bonchev–Trinajstić information content (AvgIpc) is 2.97. The first-order valence-electron chi connectivity index (χ1n) is 8.00. The Labute approximate surface area is 143 Å². The molecule has 0 aliphatic heterocycles. The molecule has 1 saturated carbocycles. The van der Waals surface area contributed by atoms with Crippen LogP contribution in [0, 0.1) is 16.0 Å². The van der Waals surface area contributed by atoms with Gasteiger partial charge in [-0.2, -0.15) is 0 Å². The van der Waals surface area contributed by atoms with Crippen molar-refractivity contribution in [1.82, 2.24) is 10.3 Å². The minimum absolute atomic E-state index is 0.0311.